The van der Waals surface area contributed by atoms with Gasteiger partial charge in [0.15, 0.2) is 0 Å². The fraction of sp³-hybridized carbons (Fsp3) is 0.778. The molecule has 1 unspecified atom stereocenters. The lowest BCUT2D eigenvalue weighted by Gasteiger charge is -2.27. The molecule has 1 rings (SSSR count). The monoisotopic (exact) mass is 299 g/mol. The van der Waals surface area contributed by atoms with E-state index in [9.17, 15) is 0 Å². The first-order chi connectivity index (χ1) is 9.34. The van der Waals surface area contributed by atoms with Crippen LogP contribution < -0.4 is 0 Å². The SMILES string of the molecule is CCCCCCCCCCCCN1C=CC=CC1C.Cl. The Bertz CT molecular complexity index is 260. The van der Waals surface area contributed by atoms with Crippen LogP contribution in [-0.2, 0) is 0 Å². The molecular formula is C18H34ClN. The molecule has 118 valence electrons. The van der Waals surface area contributed by atoms with Gasteiger partial charge in [0.2, 0.25) is 0 Å². The van der Waals surface area contributed by atoms with E-state index in [0.29, 0.717) is 6.04 Å². The van der Waals surface area contributed by atoms with E-state index in [4.69, 9.17) is 0 Å². The molecule has 1 atom stereocenters. The average Bonchev–Trinajstić information content (AvgIpc) is 2.43. The van der Waals surface area contributed by atoms with Gasteiger partial charge >= 0.3 is 0 Å². The summed E-state index contributed by atoms with van der Waals surface area (Å²) in [7, 11) is 0. The normalized spacial score (nSPS) is 17.3. The lowest BCUT2D eigenvalue weighted by atomic mass is 10.1. The highest BCUT2D eigenvalue weighted by Crippen LogP contribution is 2.13. The van der Waals surface area contributed by atoms with E-state index in [1.165, 1.54) is 70.8 Å². The number of hydrogen-bond acceptors (Lipinski definition) is 1. The van der Waals surface area contributed by atoms with Crippen molar-refractivity contribution in [2.45, 2.75) is 84.1 Å². The van der Waals surface area contributed by atoms with Gasteiger partial charge in [-0.05, 0) is 25.6 Å². The van der Waals surface area contributed by atoms with Gasteiger partial charge < -0.3 is 4.90 Å². The Hall–Kier alpha value is -0.430. The smallest absolute Gasteiger partial charge is 0.0442 e. The molecule has 2 heteroatoms. The molecule has 1 aliphatic heterocycles. The highest BCUT2D eigenvalue weighted by Gasteiger charge is 2.07. The van der Waals surface area contributed by atoms with Gasteiger partial charge in [0.1, 0.15) is 0 Å². The van der Waals surface area contributed by atoms with E-state index in [1.54, 1.807) is 0 Å². The number of nitrogens with zero attached hydrogens (tertiary/aromatic N) is 1. The van der Waals surface area contributed by atoms with Gasteiger partial charge in [0.05, 0.1) is 0 Å². The minimum atomic E-state index is 0. The summed E-state index contributed by atoms with van der Waals surface area (Å²) in [6.45, 7) is 5.78. The van der Waals surface area contributed by atoms with Crippen LogP contribution in [-0.4, -0.2) is 17.5 Å². The lowest BCUT2D eigenvalue weighted by molar-refractivity contribution is 0.322. The lowest BCUT2D eigenvalue weighted by Crippen LogP contribution is -2.28. The maximum atomic E-state index is 2.45. The molecule has 0 aliphatic carbocycles. The average molecular weight is 300 g/mol. The third-order valence-electron chi connectivity index (χ3n) is 4.07. The zero-order valence-corrected chi connectivity index (χ0v) is 14.3. The van der Waals surface area contributed by atoms with Crippen LogP contribution in [0.15, 0.2) is 24.4 Å². The van der Waals surface area contributed by atoms with E-state index in [2.05, 4.69) is 43.2 Å². The first-order valence-corrected chi connectivity index (χ1v) is 8.45. The minimum absolute atomic E-state index is 0. The molecule has 1 aliphatic rings. The number of halogens is 1. The number of allylic oxidation sites excluding steroid dienone is 2. The topological polar surface area (TPSA) is 3.24 Å². The second-order valence-electron chi connectivity index (χ2n) is 5.89. The fourth-order valence-electron chi connectivity index (χ4n) is 2.69. The molecule has 0 N–H and O–H groups in total. The first kappa shape index (κ1) is 19.6. The molecule has 1 heterocycles. The Morgan fingerprint density at radius 2 is 1.35 bits per heavy atom. The van der Waals surface area contributed by atoms with Gasteiger partial charge in [-0.1, -0.05) is 76.9 Å². The van der Waals surface area contributed by atoms with Crippen LogP contribution in [0.3, 0.4) is 0 Å². The maximum Gasteiger partial charge on any atom is 0.0442 e. The second kappa shape index (κ2) is 13.5. The quantitative estimate of drug-likeness (QED) is 0.416. The van der Waals surface area contributed by atoms with Gasteiger partial charge in [-0.25, -0.2) is 0 Å². The van der Waals surface area contributed by atoms with E-state index in [0.717, 1.165) is 0 Å². The molecule has 0 aromatic rings. The van der Waals surface area contributed by atoms with Crippen molar-refractivity contribution in [3.8, 4) is 0 Å². The molecule has 0 amide bonds. The van der Waals surface area contributed by atoms with Crippen LogP contribution in [0.5, 0.6) is 0 Å². The highest BCUT2D eigenvalue weighted by atomic mass is 35.5. The summed E-state index contributed by atoms with van der Waals surface area (Å²) in [4.78, 5) is 2.45. The van der Waals surface area contributed by atoms with Crippen molar-refractivity contribution in [2.24, 2.45) is 0 Å². The fourth-order valence-corrected chi connectivity index (χ4v) is 2.69. The van der Waals surface area contributed by atoms with Crippen LogP contribution >= 0.6 is 12.4 Å². The largest absolute Gasteiger partial charge is 0.371 e. The third kappa shape index (κ3) is 9.47. The zero-order valence-electron chi connectivity index (χ0n) is 13.5. The van der Waals surface area contributed by atoms with E-state index in [1.807, 2.05) is 0 Å². The maximum absolute atomic E-state index is 2.45. The van der Waals surface area contributed by atoms with Crippen LogP contribution in [0.1, 0.15) is 78.1 Å². The Balaban J connectivity index is 0.00000361. The van der Waals surface area contributed by atoms with Crippen LogP contribution in [0.4, 0.5) is 0 Å². The molecule has 0 fully saturated rings. The molecular weight excluding hydrogens is 266 g/mol. The van der Waals surface area contributed by atoms with Crippen LogP contribution in [0.2, 0.25) is 0 Å². The van der Waals surface area contributed by atoms with Gasteiger partial charge in [0, 0.05) is 12.6 Å². The predicted octanol–water partition coefficient (Wildman–Crippen LogP) is 6.10. The van der Waals surface area contributed by atoms with E-state index < -0.39 is 0 Å². The first-order valence-electron chi connectivity index (χ1n) is 8.45. The summed E-state index contributed by atoms with van der Waals surface area (Å²) < 4.78 is 0. The minimum Gasteiger partial charge on any atom is -0.371 e. The van der Waals surface area contributed by atoms with Gasteiger partial charge in [-0.2, -0.15) is 0 Å². The summed E-state index contributed by atoms with van der Waals surface area (Å²) in [5.74, 6) is 0. The van der Waals surface area contributed by atoms with Crippen molar-refractivity contribution in [1.29, 1.82) is 0 Å². The Morgan fingerprint density at radius 1 is 0.800 bits per heavy atom. The Morgan fingerprint density at radius 3 is 1.90 bits per heavy atom. The van der Waals surface area contributed by atoms with E-state index in [-0.39, 0.29) is 12.4 Å². The van der Waals surface area contributed by atoms with Gasteiger partial charge in [-0.15, -0.1) is 12.4 Å². The Labute approximate surface area is 132 Å². The predicted molar refractivity (Wildman–Crippen MR) is 93.5 cm³/mol. The summed E-state index contributed by atoms with van der Waals surface area (Å²) in [5.41, 5.74) is 0. The van der Waals surface area contributed by atoms with Gasteiger partial charge in [0.25, 0.3) is 0 Å². The molecule has 20 heavy (non-hydrogen) atoms. The van der Waals surface area contributed by atoms with Crippen molar-refractivity contribution in [3.63, 3.8) is 0 Å². The van der Waals surface area contributed by atoms with E-state index >= 15 is 0 Å². The molecule has 1 nitrogen and oxygen atoms in total. The van der Waals surface area contributed by atoms with Crippen LogP contribution in [0.25, 0.3) is 0 Å². The van der Waals surface area contributed by atoms with Crippen molar-refractivity contribution in [2.75, 3.05) is 6.54 Å². The third-order valence-corrected chi connectivity index (χ3v) is 4.07. The number of unbranched alkanes of at least 4 members (excludes halogenated alkanes) is 9. The second-order valence-corrected chi connectivity index (χ2v) is 5.89. The van der Waals surface area contributed by atoms with Gasteiger partial charge in [-0.3, -0.25) is 0 Å². The standard InChI is InChI=1S/C18H33N.ClH/c1-3-4-5-6-7-8-9-10-11-13-16-19-17-14-12-15-18(19)2;/h12,14-15,17-18H,3-11,13,16H2,1-2H3;1H. The summed E-state index contributed by atoms with van der Waals surface area (Å²) in [6, 6.07) is 0.587. The summed E-state index contributed by atoms with van der Waals surface area (Å²) >= 11 is 0. The number of rotatable bonds is 11. The Kier molecular flexibility index (Phi) is 13.3. The van der Waals surface area contributed by atoms with Crippen molar-refractivity contribution >= 4 is 12.4 Å². The summed E-state index contributed by atoms with van der Waals surface area (Å²) in [5, 5.41) is 0. The highest BCUT2D eigenvalue weighted by molar-refractivity contribution is 5.85. The molecule has 0 radical (unpaired) electrons. The zero-order chi connectivity index (χ0) is 13.8. The van der Waals surface area contributed by atoms with Crippen molar-refractivity contribution < 1.29 is 0 Å². The molecule has 0 aromatic heterocycles. The van der Waals surface area contributed by atoms with Crippen LogP contribution in [0, 0.1) is 0 Å². The molecule has 0 aromatic carbocycles. The van der Waals surface area contributed by atoms with Crippen molar-refractivity contribution in [3.05, 3.63) is 24.4 Å². The molecule has 0 saturated heterocycles. The molecule has 0 bridgehead atoms. The molecule has 0 saturated carbocycles. The van der Waals surface area contributed by atoms with Crippen molar-refractivity contribution in [1.82, 2.24) is 4.90 Å². The summed E-state index contributed by atoms with van der Waals surface area (Å²) in [6.07, 6.45) is 23.0. The molecule has 0 spiro atoms. The number of hydrogen-bond donors (Lipinski definition) is 0.